The van der Waals surface area contributed by atoms with Crippen molar-refractivity contribution in [2.24, 2.45) is 5.92 Å². The maximum absolute atomic E-state index is 12.5. The monoisotopic (exact) mass is 270 g/mol. The van der Waals surface area contributed by atoms with Crippen LogP contribution in [0.4, 0.5) is 0 Å². The van der Waals surface area contributed by atoms with Crippen LogP contribution in [-0.2, 0) is 11.2 Å². The van der Waals surface area contributed by atoms with E-state index in [4.69, 9.17) is 0 Å². The number of H-pyrrole nitrogens is 1. The summed E-state index contributed by atoms with van der Waals surface area (Å²) in [4.78, 5) is 17.7. The highest BCUT2D eigenvalue weighted by Gasteiger charge is 2.21. The number of nitrogens with zero attached hydrogens (tertiary/aromatic N) is 1. The van der Waals surface area contributed by atoms with Gasteiger partial charge < -0.3 is 9.88 Å². The molecule has 3 heteroatoms. The van der Waals surface area contributed by atoms with Crippen molar-refractivity contribution in [1.29, 1.82) is 0 Å². The normalized spacial score (nSPS) is 19.5. The molecule has 2 aromatic rings. The number of likely N-dealkylation sites (tertiary alicyclic amines) is 1. The Kier molecular flexibility index (Phi) is 3.51. The fourth-order valence-corrected chi connectivity index (χ4v) is 3.13. The summed E-state index contributed by atoms with van der Waals surface area (Å²) >= 11 is 0. The van der Waals surface area contributed by atoms with E-state index >= 15 is 0 Å². The van der Waals surface area contributed by atoms with Crippen molar-refractivity contribution < 1.29 is 4.79 Å². The van der Waals surface area contributed by atoms with Gasteiger partial charge in [0, 0.05) is 30.2 Å². The zero-order chi connectivity index (χ0) is 14.1. The van der Waals surface area contributed by atoms with Crippen LogP contribution in [0.15, 0.2) is 24.4 Å². The summed E-state index contributed by atoms with van der Waals surface area (Å²) in [5, 5.41) is 1.18. The van der Waals surface area contributed by atoms with Gasteiger partial charge in [0.05, 0.1) is 6.42 Å². The molecule has 106 valence electrons. The largest absolute Gasteiger partial charge is 0.361 e. The van der Waals surface area contributed by atoms with Crippen LogP contribution in [0, 0.1) is 12.8 Å². The second-order valence-electron chi connectivity index (χ2n) is 6.13. The van der Waals surface area contributed by atoms with Crippen molar-refractivity contribution in [1.82, 2.24) is 9.88 Å². The molecule has 3 nitrogen and oxygen atoms in total. The molecule has 1 unspecified atom stereocenters. The predicted octanol–water partition coefficient (Wildman–Crippen LogP) is 3.28. The summed E-state index contributed by atoms with van der Waals surface area (Å²) in [6, 6.07) is 6.34. The standard InChI is InChI=1S/C17H22N2O/c1-12-5-6-16-15(8-12)14(10-18-16)9-17(20)19-7-3-4-13(2)11-19/h5-6,8,10,13,18H,3-4,7,9,11H2,1-2H3. The first-order valence-corrected chi connectivity index (χ1v) is 7.48. The van der Waals surface area contributed by atoms with E-state index in [1.165, 1.54) is 17.4 Å². The maximum Gasteiger partial charge on any atom is 0.227 e. The third kappa shape index (κ3) is 2.58. The lowest BCUT2D eigenvalue weighted by Crippen LogP contribution is -2.39. The van der Waals surface area contributed by atoms with Crippen LogP contribution in [0.2, 0.25) is 0 Å². The van der Waals surface area contributed by atoms with Gasteiger partial charge in [0.1, 0.15) is 0 Å². The summed E-state index contributed by atoms with van der Waals surface area (Å²) in [5.41, 5.74) is 3.47. The van der Waals surface area contributed by atoms with E-state index in [0.717, 1.165) is 30.6 Å². The molecule has 2 heterocycles. The Morgan fingerprint density at radius 2 is 2.30 bits per heavy atom. The average Bonchev–Trinajstić information content (AvgIpc) is 2.81. The molecule has 20 heavy (non-hydrogen) atoms. The number of aryl methyl sites for hydroxylation is 1. The SMILES string of the molecule is Cc1ccc2[nH]cc(CC(=O)N3CCCC(C)C3)c2c1. The third-order valence-corrected chi connectivity index (χ3v) is 4.27. The van der Waals surface area contributed by atoms with Gasteiger partial charge >= 0.3 is 0 Å². The first-order valence-electron chi connectivity index (χ1n) is 7.48. The number of amides is 1. The van der Waals surface area contributed by atoms with Gasteiger partial charge in [-0.2, -0.15) is 0 Å². The average molecular weight is 270 g/mol. The number of fused-ring (bicyclic) bond motifs is 1. The molecule has 1 aromatic heterocycles. The molecule has 0 aliphatic carbocycles. The second-order valence-corrected chi connectivity index (χ2v) is 6.13. The predicted molar refractivity (Wildman–Crippen MR) is 81.7 cm³/mol. The number of hydrogen-bond acceptors (Lipinski definition) is 1. The minimum atomic E-state index is 0.263. The zero-order valence-electron chi connectivity index (χ0n) is 12.3. The molecule has 0 spiro atoms. The topological polar surface area (TPSA) is 36.1 Å². The molecule has 1 aliphatic rings. The number of hydrogen-bond donors (Lipinski definition) is 1. The number of aromatic amines is 1. The summed E-state index contributed by atoms with van der Waals surface area (Å²) in [5.74, 6) is 0.900. The Morgan fingerprint density at radius 3 is 3.10 bits per heavy atom. The van der Waals surface area contributed by atoms with Gasteiger partial charge in [0.2, 0.25) is 5.91 Å². The molecule has 0 radical (unpaired) electrons. The summed E-state index contributed by atoms with van der Waals surface area (Å²) in [7, 11) is 0. The van der Waals surface area contributed by atoms with Crippen LogP contribution in [0.3, 0.4) is 0 Å². The molecule has 0 bridgehead atoms. The van der Waals surface area contributed by atoms with E-state index in [-0.39, 0.29) is 5.91 Å². The van der Waals surface area contributed by atoms with E-state index < -0.39 is 0 Å². The third-order valence-electron chi connectivity index (χ3n) is 4.27. The molecule has 1 amide bonds. The number of aromatic nitrogens is 1. The molecule has 1 N–H and O–H groups in total. The smallest absolute Gasteiger partial charge is 0.227 e. The van der Waals surface area contributed by atoms with Gasteiger partial charge in [-0.05, 0) is 43.4 Å². The van der Waals surface area contributed by atoms with Gasteiger partial charge in [0.15, 0.2) is 0 Å². The van der Waals surface area contributed by atoms with Crippen molar-refractivity contribution in [2.45, 2.75) is 33.1 Å². The van der Waals surface area contributed by atoms with Gasteiger partial charge in [-0.3, -0.25) is 4.79 Å². The Labute approximate surface area is 120 Å². The highest BCUT2D eigenvalue weighted by Crippen LogP contribution is 2.22. The van der Waals surface area contributed by atoms with Crippen molar-refractivity contribution in [3.05, 3.63) is 35.5 Å². The molecular formula is C17H22N2O. The van der Waals surface area contributed by atoms with Crippen LogP contribution in [0.1, 0.15) is 30.9 Å². The second kappa shape index (κ2) is 5.31. The fraction of sp³-hybridized carbons (Fsp3) is 0.471. The molecule has 1 fully saturated rings. The summed E-state index contributed by atoms with van der Waals surface area (Å²) in [6.45, 7) is 6.16. The van der Waals surface area contributed by atoms with E-state index in [1.54, 1.807) is 0 Å². The van der Waals surface area contributed by atoms with Crippen LogP contribution in [0.5, 0.6) is 0 Å². The zero-order valence-corrected chi connectivity index (χ0v) is 12.3. The molecule has 0 saturated carbocycles. The number of benzene rings is 1. The fourth-order valence-electron chi connectivity index (χ4n) is 3.13. The Morgan fingerprint density at radius 1 is 1.45 bits per heavy atom. The van der Waals surface area contributed by atoms with E-state index in [9.17, 15) is 4.79 Å². The number of rotatable bonds is 2. The molecule has 1 saturated heterocycles. The molecule has 1 atom stereocenters. The van der Waals surface area contributed by atoms with Crippen LogP contribution >= 0.6 is 0 Å². The van der Waals surface area contributed by atoms with E-state index in [0.29, 0.717) is 12.3 Å². The van der Waals surface area contributed by atoms with E-state index in [1.807, 2.05) is 11.1 Å². The summed E-state index contributed by atoms with van der Waals surface area (Å²) in [6.07, 6.45) is 4.88. The first kappa shape index (κ1) is 13.2. The molecular weight excluding hydrogens is 248 g/mol. The first-order chi connectivity index (χ1) is 9.63. The minimum absolute atomic E-state index is 0.263. The number of piperidine rings is 1. The molecule has 1 aliphatic heterocycles. The van der Waals surface area contributed by atoms with Crippen molar-refractivity contribution in [3.8, 4) is 0 Å². The highest BCUT2D eigenvalue weighted by molar-refractivity contribution is 5.89. The molecule has 3 rings (SSSR count). The lowest BCUT2D eigenvalue weighted by molar-refractivity contribution is -0.132. The molecule has 1 aromatic carbocycles. The van der Waals surface area contributed by atoms with Crippen LogP contribution in [-0.4, -0.2) is 28.9 Å². The van der Waals surface area contributed by atoms with Gasteiger partial charge in [-0.25, -0.2) is 0 Å². The quantitative estimate of drug-likeness (QED) is 0.893. The maximum atomic E-state index is 12.5. The van der Waals surface area contributed by atoms with Crippen molar-refractivity contribution in [3.63, 3.8) is 0 Å². The Balaban J connectivity index is 1.78. The highest BCUT2D eigenvalue weighted by atomic mass is 16.2. The van der Waals surface area contributed by atoms with Gasteiger partial charge in [-0.1, -0.05) is 18.6 Å². The van der Waals surface area contributed by atoms with Crippen LogP contribution in [0.25, 0.3) is 10.9 Å². The number of carbonyl (C=O) groups excluding carboxylic acids is 1. The minimum Gasteiger partial charge on any atom is -0.361 e. The van der Waals surface area contributed by atoms with Crippen molar-refractivity contribution >= 4 is 16.8 Å². The Hall–Kier alpha value is -1.77. The number of nitrogens with one attached hydrogen (secondary N) is 1. The van der Waals surface area contributed by atoms with Crippen LogP contribution < -0.4 is 0 Å². The van der Waals surface area contributed by atoms with Gasteiger partial charge in [-0.15, -0.1) is 0 Å². The lowest BCUT2D eigenvalue weighted by atomic mass is 9.99. The van der Waals surface area contributed by atoms with Gasteiger partial charge in [0.25, 0.3) is 0 Å². The number of carbonyl (C=O) groups is 1. The summed E-state index contributed by atoms with van der Waals surface area (Å²) < 4.78 is 0. The Bertz CT molecular complexity index is 629. The van der Waals surface area contributed by atoms with E-state index in [2.05, 4.69) is 37.0 Å². The van der Waals surface area contributed by atoms with Crippen molar-refractivity contribution in [2.75, 3.05) is 13.1 Å². The lowest BCUT2D eigenvalue weighted by Gasteiger charge is -2.31.